The number of phenols is 1. The highest BCUT2D eigenvalue weighted by Gasteiger charge is 2.21. The van der Waals surface area contributed by atoms with Gasteiger partial charge in [-0.15, -0.1) is 0 Å². The smallest absolute Gasteiger partial charge is 0.160 e. The first-order chi connectivity index (χ1) is 9.11. The molecule has 4 heteroatoms. The third-order valence-corrected chi connectivity index (χ3v) is 3.72. The zero-order valence-corrected chi connectivity index (χ0v) is 11.9. The molecule has 0 radical (unpaired) electrons. The van der Waals surface area contributed by atoms with Crippen molar-refractivity contribution in [3.8, 4) is 11.5 Å². The van der Waals surface area contributed by atoms with Gasteiger partial charge in [0, 0.05) is 25.7 Å². The number of hydrogen-bond donors (Lipinski definition) is 1. The van der Waals surface area contributed by atoms with Gasteiger partial charge in [-0.2, -0.15) is 0 Å². The lowest BCUT2D eigenvalue weighted by molar-refractivity contribution is 0.0619. The summed E-state index contributed by atoms with van der Waals surface area (Å²) in [6, 6.07) is 5.86. The maximum Gasteiger partial charge on any atom is 0.160 e. The summed E-state index contributed by atoms with van der Waals surface area (Å²) in [5.41, 5.74) is 1.16. The number of phenolic OH excluding ortho intramolecular Hbond substituents is 1. The van der Waals surface area contributed by atoms with Crippen molar-refractivity contribution in [2.24, 2.45) is 0 Å². The third-order valence-electron chi connectivity index (χ3n) is 3.72. The molecule has 2 atom stereocenters. The summed E-state index contributed by atoms with van der Waals surface area (Å²) in [4.78, 5) is 2.42. The second-order valence-electron chi connectivity index (χ2n) is 5.14. The van der Waals surface area contributed by atoms with Crippen molar-refractivity contribution in [3.63, 3.8) is 0 Å². The Balaban J connectivity index is 2.15. The van der Waals surface area contributed by atoms with Gasteiger partial charge in [0.05, 0.1) is 13.2 Å². The Morgan fingerprint density at radius 2 is 2.26 bits per heavy atom. The molecule has 0 bridgehead atoms. The molecule has 1 aromatic carbocycles. The van der Waals surface area contributed by atoms with Gasteiger partial charge >= 0.3 is 0 Å². The van der Waals surface area contributed by atoms with E-state index >= 15 is 0 Å². The average molecular weight is 265 g/mol. The van der Waals surface area contributed by atoms with Crippen LogP contribution in [0, 0.1) is 0 Å². The topological polar surface area (TPSA) is 41.9 Å². The van der Waals surface area contributed by atoms with Crippen LogP contribution in [0.5, 0.6) is 11.5 Å². The summed E-state index contributed by atoms with van der Waals surface area (Å²) < 4.78 is 10.9. The average Bonchev–Trinajstić information content (AvgIpc) is 2.63. The maximum absolute atomic E-state index is 9.66. The predicted octanol–water partition coefficient (Wildman–Crippen LogP) is 2.57. The standard InChI is InChI=1S/C15H23NO3/c1-11-10-16(7-4-8-19-11)12(2)13-5-6-14(17)15(9-13)18-3/h5-6,9,11-12,17H,4,7-8,10H2,1-3H3. The lowest BCUT2D eigenvalue weighted by Gasteiger charge is -2.29. The number of aromatic hydroxyl groups is 1. The minimum absolute atomic E-state index is 0.186. The van der Waals surface area contributed by atoms with E-state index in [4.69, 9.17) is 9.47 Å². The summed E-state index contributed by atoms with van der Waals surface area (Å²) in [7, 11) is 1.57. The van der Waals surface area contributed by atoms with Gasteiger partial charge in [0.1, 0.15) is 0 Å². The number of hydrogen-bond acceptors (Lipinski definition) is 4. The second kappa shape index (κ2) is 6.26. The zero-order chi connectivity index (χ0) is 13.8. The number of benzene rings is 1. The fourth-order valence-corrected chi connectivity index (χ4v) is 2.54. The largest absolute Gasteiger partial charge is 0.504 e. The van der Waals surface area contributed by atoms with E-state index in [-0.39, 0.29) is 11.9 Å². The Bertz CT molecular complexity index is 422. The molecule has 2 unspecified atom stereocenters. The molecule has 0 saturated carbocycles. The first kappa shape index (κ1) is 14.2. The van der Waals surface area contributed by atoms with Crippen LogP contribution in [0.2, 0.25) is 0 Å². The Hall–Kier alpha value is -1.26. The fourth-order valence-electron chi connectivity index (χ4n) is 2.54. The van der Waals surface area contributed by atoms with Gasteiger partial charge in [0.2, 0.25) is 0 Å². The first-order valence-electron chi connectivity index (χ1n) is 6.84. The van der Waals surface area contributed by atoms with E-state index in [1.165, 1.54) is 0 Å². The van der Waals surface area contributed by atoms with E-state index in [2.05, 4.69) is 18.7 Å². The molecule has 1 aliphatic heterocycles. The van der Waals surface area contributed by atoms with Gasteiger partial charge in [0.15, 0.2) is 11.5 Å². The molecule has 0 aliphatic carbocycles. The molecule has 1 N–H and O–H groups in total. The Labute approximate surface area is 114 Å². The summed E-state index contributed by atoms with van der Waals surface area (Å²) in [5.74, 6) is 0.717. The monoisotopic (exact) mass is 265 g/mol. The first-order valence-corrected chi connectivity index (χ1v) is 6.84. The molecule has 2 rings (SSSR count). The van der Waals surface area contributed by atoms with Crippen molar-refractivity contribution in [1.82, 2.24) is 4.90 Å². The molecule has 106 valence electrons. The van der Waals surface area contributed by atoms with E-state index in [9.17, 15) is 5.11 Å². The van der Waals surface area contributed by atoms with E-state index in [1.54, 1.807) is 13.2 Å². The molecule has 19 heavy (non-hydrogen) atoms. The van der Waals surface area contributed by atoms with Gasteiger partial charge in [-0.05, 0) is 38.0 Å². The van der Waals surface area contributed by atoms with Gasteiger partial charge in [-0.3, -0.25) is 4.90 Å². The molecule has 1 aromatic rings. The van der Waals surface area contributed by atoms with Crippen LogP contribution in [0.15, 0.2) is 18.2 Å². The fraction of sp³-hybridized carbons (Fsp3) is 0.600. The highest BCUT2D eigenvalue weighted by Crippen LogP contribution is 2.31. The van der Waals surface area contributed by atoms with Crippen molar-refractivity contribution in [2.45, 2.75) is 32.4 Å². The van der Waals surface area contributed by atoms with Crippen molar-refractivity contribution >= 4 is 0 Å². The van der Waals surface area contributed by atoms with Crippen LogP contribution in [0.4, 0.5) is 0 Å². The molecule has 0 spiro atoms. The molecular weight excluding hydrogens is 242 g/mol. The van der Waals surface area contributed by atoms with Crippen LogP contribution < -0.4 is 4.74 Å². The van der Waals surface area contributed by atoms with Crippen LogP contribution in [-0.2, 0) is 4.74 Å². The van der Waals surface area contributed by atoms with Crippen LogP contribution in [0.25, 0.3) is 0 Å². The Morgan fingerprint density at radius 3 is 3.00 bits per heavy atom. The van der Waals surface area contributed by atoms with Gasteiger partial charge in [0.25, 0.3) is 0 Å². The molecule has 0 amide bonds. The SMILES string of the molecule is COc1cc(C(C)N2CCCOC(C)C2)ccc1O. The molecule has 1 saturated heterocycles. The summed E-state index contributed by atoms with van der Waals surface area (Å²) >= 11 is 0. The number of rotatable bonds is 3. The number of ether oxygens (including phenoxy) is 2. The lowest BCUT2D eigenvalue weighted by Crippen LogP contribution is -2.32. The van der Waals surface area contributed by atoms with Gasteiger partial charge in [-0.1, -0.05) is 6.07 Å². The zero-order valence-electron chi connectivity index (χ0n) is 11.9. The molecule has 4 nitrogen and oxygen atoms in total. The van der Waals surface area contributed by atoms with Gasteiger partial charge in [-0.25, -0.2) is 0 Å². The van der Waals surface area contributed by atoms with Crippen LogP contribution >= 0.6 is 0 Å². The van der Waals surface area contributed by atoms with Crippen molar-refractivity contribution in [1.29, 1.82) is 0 Å². The minimum Gasteiger partial charge on any atom is -0.504 e. The third kappa shape index (κ3) is 3.39. The maximum atomic E-state index is 9.66. The summed E-state index contributed by atoms with van der Waals surface area (Å²) in [5, 5.41) is 9.66. The molecule has 1 fully saturated rings. The van der Waals surface area contributed by atoms with E-state index in [0.29, 0.717) is 11.8 Å². The minimum atomic E-state index is 0.186. The molecule has 0 aromatic heterocycles. The van der Waals surface area contributed by atoms with Gasteiger partial charge < -0.3 is 14.6 Å². The molecular formula is C15H23NO3. The summed E-state index contributed by atoms with van der Waals surface area (Å²) in [6.07, 6.45) is 1.33. The van der Waals surface area contributed by atoms with Crippen molar-refractivity contribution in [2.75, 3.05) is 26.8 Å². The second-order valence-corrected chi connectivity index (χ2v) is 5.14. The number of methoxy groups -OCH3 is 1. The predicted molar refractivity (Wildman–Crippen MR) is 74.7 cm³/mol. The molecule has 1 aliphatic rings. The van der Waals surface area contributed by atoms with E-state index in [1.807, 2.05) is 12.1 Å². The normalized spacial score (nSPS) is 22.8. The van der Waals surface area contributed by atoms with Crippen molar-refractivity contribution < 1.29 is 14.6 Å². The van der Waals surface area contributed by atoms with E-state index < -0.39 is 0 Å². The Kier molecular flexibility index (Phi) is 4.66. The summed E-state index contributed by atoms with van der Waals surface area (Å²) in [6.45, 7) is 7.11. The van der Waals surface area contributed by atoms with E-state index in [0.717, 1.165) is 31.7 Å². The highest BCUT2D eigenvalue weighted by atomic mass is 16.5. The van der Waals surface area contributed by atoms with Crippen molar-refractivity contribution in [3.05, 3.63) is 23.8 Å². The Morgan fingerprint density at radius 1 is 1.47 bits per heavy atom. The number of nitrogens with zero attached hydrogens (tertiary/aromatic N) is 1. The van der Waals surface area contributed by atoms with Crippen LogP contribution in [0.3, 0.4) is 0 Å². The molecule has 1 heterocycles. The lowest BCUT2D eigenvalue weighted by atomic mass is 10.1. The van der Waals surface area contributed by atoms with Crippen LogP contribution in [-0.4, -0.2) is 42.9 Å². The van der Waals surface area contributed by atoms with Crippen LogP contribution in [0.1, 0.15) is 31.9 Å². The highest BCUT2D eigenvalue weighted by molar-refractivity contribution is 5.42. The quantitative estimate of drug-likeness (QED) is 0.912.